The Morgan fingerprint density at radius 3 is 2.65 bits per heavy atom. The lowest BCUT2D eigenvalue weighted by molar-refractivity contribution is -0.113. The number of halogens is 1. The highest BCUT2D eigenvalue weighted by molar-refractivity contribution is 7.99. The molecule has 34 heavy (non-hydrogen) atoms. The molecule has 0 unspecified atom stereocenters. The summed E-state index contributed by atoms with van der Waals surface area (Å²) >= 11 is 7.39. The lowest BCUT2D eigenvalue weighted by atomic mass is 10.1. The van der Waals surface area contributed by atoms with Gasteiger partial charge in [0.1, 0.15) is 11.4 Å². The summed E-state index contributed by atoms with van der Waals surface area (Å²) in [5, 5.41) is 17.7. The van der Waals surface area contributed by atoms with Gasteiger partial charge in [-0.15, -0.1) is 10.2 Å². The quantitative estimate of drug-likeness (QED) is 0.343. The molecular formula is C24H25ClN6O2S. The van der Waals surface area contributed by atoms with Crippen LogP contribution >= 0.6 is 23.4 Å². The molecule has 2 aromatic carbocycles. The van der Waals surface area contributed by atoms with E-state index in [4.69, 9.17) is 16.3 Å². The number of aromatic nitrogens is 5. The Labute approximate surface area is 207 Å². The predicted molar refractivity (Wildman–Crippen MR) is 135 cm³/mol. The summed E-state index contributed by atoms with van der Waals surface area (Å²) in [6, 6.07) is 13.2. The maximum atomic E-state index is 12.6. The standard InChI is InChI=1S/C24H25ClN6O2S/c1-5-31-23(18-13-30(3)29-22(18)16-7-9-17(25)10-8-16)27-28-24(31)34-14-21(32)26-19-12-15(2)6-11-20(19)33-4/h6-13H,5,14H2,1-4H3,(H,26,32). The number of ether oxygens (including phenoxy) is 1. The van der Waals surface area contributed by atoms with Crippen molar-refractivity contribution < 1.29 is 9.53 Å². The van der Waals surface area contributed by atoms with Gasteiger partial charge in [-0.1, -0.05) is 41.6 Å². The molecule has 4 aromatic rings. The van der Waals surface area contributed by atoms with Gasteiger partial charge < -0.3 is 14.6 Å². The molecule has 0 spiro atoms. The van der Waals surface area contributed by atoms with Crippen molar-refractivity contribution in [3.05, 3.63) is 59.2 Å². The first-order valence-electron chi connectivity index (χ1n) is 10.7. The number of hydrogen-bond donors (Lipinski definition) is 1. The van der Waals surface area contributed by atoms with Gasteiger partial charge in [0, 0.05) is 30.4 Å². The fourth-order valence-corrected chi connectivity index (χ4v) is 4.52. The Hall–Kier alpha value is -3.30. The third kappa shape index (κ3) is 5.10. The van der Waals surface area contributed by atoms with Gasteiger partial charge in [-0.3, -0.25) is 9.48 Å². The van der Waals surface area contributed by atoms with Crippen LogP contribution in [0.4, 0.5) is 5.69 Å². The summed E-state index contributed by atoms with van der Waals surface area (Å²) in [5.41, 5.74) is 4.27. The van der Waals surface area contributed by atoms with E-state index in [1.54, 1.807) is 11.8 Å². The normalized spacial score (nSPS) is 11.0. The van der Waals surface area contributed by atoms with Crippen molar-refractivity contribution in [2.75, 3.05) is 18.2 Å². The Morgan fingerprint density at radius 2 is 1.94 bits per heavy atom. The largest absolute Gasteiger partial charge is 0.495 e. The monoisotopic (exact) mass is 496 g/mol. The molecule has 176 valence electrons. The summed E-state index contributed by atoms with van der Waals surface area (Å²) in [4.78, 5) is 12.6. The molecule has 10 heteroatoms. The molecular weight excluding hydrogens is 472 g/mol. The number of thioether (sulfide) groups is 1. The molecule has 0 aliphatic carbocycles. The molecule has 4 rings (SSSR count). The average Bonchev–Trinajstić information content (AvgIpc) is 3.41. The fourth-order valence-electron chi connectivity index (χ4n) is 3.59. The molecule has 0 radical (unpaired) electrons. The maximum absolute atomic E-state index is 12.6. The molecule has 0 fully saturated rings. The predicted octanol–water partition coefficient (Wildman–Crippen LogP) is 5.07. The second-order valence-corrected chi connectivity index (χ2v) is 9.04. The van der Waals surface area contributed by atoms with E-state index >= 15 is 0 Å². The van der Waals surface area contributed by atoms with Crippen LogP contribution in [0.25, 0.3) is 22.6 Å². The maximum Gasteiger partial charge on any atom is 0.234 e. The SMILES string of the molecule is CCn1c(SCC(=O)Nc2cc(C)ccc2OC)nnc1-c1cn(C)nc1-c1ccc(Cl)cc1. The van der Waals surface area contributed by atoms with Gasteiger partial charge in [-0.2, -0.15) is 5.10 Å². The smallest absolute Gasteiger partial charge is 0.234 e. The number of hydrogen-bond acceptors (Lipinski definition) is 6. The van der Waals surface area contributed by atoms with E-state index in [1.165, 1.54) is 11.8 Å². The molecule has 1 amide bonds. The number of nitrogens with one attached hydrogen (secondary N) is 1. The molecule has 0 saturated heterocycles. The number of methoxy groups -OCH3 is 1. The van der Waals surface area contributed by atoms with E-state index < -0.39 is 0 Å². The van der Waals surface area contributed by atoms with Crippen LogP contribution in [0, 0.1) is 6.92 Å². The van der Waals surface area contributed by atoms with E-state index in [9.17, 15) is 4.79 Å². The minimum atomic E-state index is -0.149. The fraction of sp³-hybridized carbons (Fsp3) is 0.250. The third-order valence-electron chi connectivity index (χ3n) is 5.18. The summed E-state index contributed by atoms with van der Waals surface area (Å²) in [5.74, 6) is 1.36. The lowest BCUT2D eigenvalue weighted by Gasteiger charge is -2.11. The highest BCUT2D eigenvalue weighted by Crippen LogP contribution is 2.32. The van der Waals surface area contributed by atoms with Gasteiger partial charge in [0.25, 0.3) is 0 Å². The van der Waals surface area contributed by atoms with Gasteiger partial charge in [0.15, 0.2) is 11.0 Å². The Balaban J connectivity index is 1.55. The highest BCUT2D eigenvalue weighted by Gasteiger charge is 2.21. The van der Waals surface area contributed by atoms with Crippen molar-refractivity contribution in [1.29, 1.82) is 0 Å². The molecule has 0 atom stereocenters. The van der Waals surface area contributed by atoms with Crippen LogP contribution < -0.4 is 10.1 Å². The number of aryl methyl sites for hydroxylation is 2. The van der Waals surface area contributed by atoms with E-state index in [2.05, 4.69) is 20.6 Å². The van der Waals surface area contributed by atoms with Crippen molar-refractivity contribution in [2.45, 2.75) is 25.5 Å². The lowest BCUT2D eigenvalue weighted by Crippen LogP contribution is -2.15. The minimum absolute atomic E-state index is 0.149. The molecule has 0 saturated carbocycles. The third-order valence-corrected chi connectivity index (χ3v) is 6.40. The van der Waals surface area contributed by atoms with Crippen molar-refractivity contribution in [1.82, 2.24) is 24.5 Å². The van der Waals surface area contributed by atoms with Crippen LogP contribution in [0.1, 0.15) is 12.5 Å². The van der Waals surface area contributed by atoms with Gasteiger partial charge >= 0.3 is 0 Å². The van der Waals surface area contributed by atoms with Crippen LogP contribution in [0.15, 0.2) is 53.8 Å². The second-order valence-electron chi connectivity index (χ2n) is 7.66. The highest BCUT2D eigenvalue weighted by atomic mass is 35.5. The van der Waals surface area contributed by atoms with Crippen molar-refractivity contribution in [3.63, 3.8) is 0 Å². The molecule has 2 heterocycles. The number of rotatable bonds is 8. The van der Waals surface area contributed by atoms with E-state index in [0.29, 0.717) is 34.0 Å². The zero-order valence-electron chi connectivity index (χ0n) is 19.4. The number of amides is 1. The average molecular weight is 497 g/mol. The zero-order valence-corrected chi connectivity index (χ0v) is 20.9. The molecule has 8 nitrogen and oxygen atoms in total. The number of benzene rings is 2. The van der Waals surface area contributed by atoms with Crippen LogP contribution in [-0.2, 0) is 18.4 Å². The second kappa shape index (κ2) is 10.3. The van der Waals surface area contributed by atoms with Crippen LogP contribution in [0.5, 0.6) is 5.75 Å². The Kier molecular flexibility index (Phi) is 7.23. The molecule has 0 bridgehead atoms. The first kappa shape index (κ1) is 23.8. The topological polar surface area (TPSA) is 86.9 Å². The first-order chi connectivity index (χ1) is 16.4. The van der Waals surface area contributed by atoms with Gasteiger partial charge in [0.05, 0.1) is 24.1 Å². The van der Waals surface area contributed by atoms with Crippen molar-refractivity contribution in [3.8, 4) is 28.4 Å². The van der Waals surface area contributed by atoms with Crippen LogP contribution in [-0.4, -0.2) is 43.3 Å². The Morgan fingerprint density at radius 1 is 1.18 bits per heavy atom. The van der Waals surface area contributed by atoms with E-state index in [1.807, 2.05) is 74.1 Å². The van der Waals surface area contributed by atoms with Gasteiger partial charge in [0.2, 0.25) is 5.91 Å². The number of anilines is 1. The number of carbonyl (C=O) groups is 1. The van der Waals surface area contributed by atoms with Gasteiger partial charge in [-0.25, -0.2) is 0 Å². The van der Waals surface area contributed by atoms with E-state index in [0.717, 1.165) is 22.4 Å². The van der Waals surface area contributed by atoms with Crippen molar-refractivity contribution in [2.24, 2.45) is 7.05 Å². The molecule has 0 aliphatic heterocycles. The Bertz CT molecular complexity index is 1320. The van der Waals surface area contributed by atoms with Crippen molar-refractivity contribution >= 4 is 35.0 Å². The summed E-state index contributed by atoms with van der Waals surface area (Å²) in [6.07, 6.45) is 1.92. The number of carbonyl (C=O) groups excluding carboxylic acids is 1. The van der Waals surface area contributed by atoms with Crippen LogP contribution in [0.2, 0.25) is 5.02 Å². The summed E-state index contributed by atoms with van der Waals surface area (Å²) < 4.78 is 9.09. The van der Waals surface area contributed by atoms with Gasteiger partial charge in [-0.05, 0) is 43.7 Å². The van der Waals surface area contributed by atoms with Crippen LogP contribution in [0.3, 0.4) is 0 Å². The minimum Gasteiger partial charge on any atom is -0.495 e. The van der Waals surface area contributed by atoms with E-state index in [-0.39, 0.29) is 11.7 Å². The first-order valence-corrected chi connectivity index (χ1v) is 12.1. The number of nitrogens with zero attached hydrogens (tertiary/aromatic N) is 5. The summed E-state index contributed by atoms with van der Waals surface area (Å²) in [7, 11) is 3.45. The molecule has 0 aliphatic rings. The molecule has 2 aromatic heterocycles. The zero-order chi connectivity index (χ0) is 24.2. The molecule has 1 N–H and O–H groups in total. The summed E-state index contributed by atoms with van der Waals surface area (Å²) in [6.45, 7) is 4.63.